The Kier molecular flexibility index (Phi) is 4.73. The molecule has 0 aromatic carbocycles. The van der Waals surface area contributed by atoms with E-state index in [1.807, 2.05) is 13.8 Å². The van der Waals surface area contributed by atoms with Crippen LogP contribution in [0.4, 0.5) is 0 Å². The third kappa shape index (κ3) is 2.37. The summed E-state index contributed by atoms with van der Waals surface area (Å²) in [5, 5.41) is 6.86. The van der Waals surface area contributed by atoms with Crippen molar-refractivity contribution in [2.75, 3.05) is 0 Å². The van der Waals surface area contributed by atoms with E-state index in [-0.39, 0.29) is 0 Å². The summed E-state index contributed by atoms with van der Waals surface area (Å²) in [5.41, 5.74) is 1.43. The molecule has 0 aliphatic heterocycles. The van der Waals surface area contributed by atoms with Gasteiger partial charge in [-0.2, -0.15) is 0 Å². The van der Waals surface area contributed by atoms with Crippen molar-refractivity contribution >= 4 is 12.3 Å². The zero-order valence-electron chi connectivity index (χ0n) is 6.89. The molecule has 1 rings (SSSR count). The number of aromatic nitrogens is 2. The molecule has 11 heavy (non-hydrogen) atoms. The lowest BCUT2D eigenvalue weighted by Gasteiger charge is -1.82. The second-order valence-corrected chi connectivity index (χ2v) is 1.55. The number of nitrogens with zero attached hydrogens (tertiary/aromatic N) is 1. The van der Waals surface area contributed by atoms with Crippen LogP contribution in [0.3, 0.4) is 0 Å². The number of hydrogen-bond donors (Lipinski definition) is 2. The summed E-state index contributed by atoms with van der Waals surface area (Å²) < 4.78 is 0. The van der Waals surface area contributed by atoms with Gasteiger partial charge < -0.3 is 10.4 Å². The van der Waals surface area contributed by atoms with Crippen molar-refractivity contribution in [2.45, 2.75) is 13.8 Å². The average molecular weight is 151 g/mol. The molecule has 0 saturated carbocycles. The fourth-order valence-electron chi connectivity index (χ4n) is 0.593. The van der Waals surface area contributed by atoms with Gasteiger partial charge in [0.2, 0.25) is 0 Å². The van der Waals surface area contributed by atoms with E-state index in [1.165, 1.54) is 12.5 Å². The fraction of sp³-hybridized carbons (Fsp3) is 0.250. The van der Waals surface area contributed by atoms with Crippen LogP contribution in [-0.4, -0.2) is 16.2 Å². The molecule has 2 N–H and O–H groups in total. The fourth-order valence-corrected chi connectivity index (χ4v) is 0.593. The molecule has 0 amide bonds. The van der Waals surface area contributed by atoms with Crippen LogP contribution in [-0.2, 0) is 0 Å². The van der Waals surface area contributed by atoms with E-state index < -0.39 is 0 Å². The summed E-state index contributed by atoms with van der Waals surface area (Å²) in [6.07, 6.45) is 4.36. The molecule has 0 bridgehead atoms. The van der Waals surface area contributed by atoms with Crippen LogP contribution < -0.4 is 0 Å². The highest BCUT2D eigenvalue weighted by Gasteiger charge is 1.94. The maximum Gasteiger partial charge on any atom is 0.0932 e. The lowest BCUT2D eigenvalue weighted by molar-refractivity contribution is 1.30. The molecular formula is C8H13N3. The van der Waals surface area contributed by atoms with Crippen molar-refractivity contribution in [2.24, 2.45) is 0 Å². The Morgan fingerprint density at radius 3 is 2.64 bits per heavy atom. The minimum Gasteiger partial charge on any atom is -0.343 e. The average Bonchev–Trinajstić information content (AvgIpc) is 2.54. The molecule has 0 fully saturated rings. The van der Waals surface area contributed by atoms with Crippen LogP contribution in [0, 0.1) is 5.41 Å². The second kappa shape index (κ2) is 5.41. The van der Waals surface area contributed by atoms with Crippen molar-refractivity contribution in [1.82, 2.24) is 9.97 Å². The lowest BCUT2D eigenvalue weighted by atomic mass is 10.3. The van der Waals surface area contributed by atoms with Crippen molar-refractivity contribution in [3.05, 3.63) is 24.3 Å². The van der Waals surface area contributed by atoms with E-state index in [0.29, 0.717) is 5.69 Å². The summed E-state index contributed by atoms with van der Waals surface area (Å²) in [4.78, 5) is 6.66. The van der Waals surface area contributed by atoms with Crippen LogP contribution in [0.5, 0.6) is 0 Å². The van der Waals surface area contributed by atoms with E-state index in [9.17, 15) is 0 Å². The van der Waals surface area contributed by atoms with Gasteiger partial charge in [0.1, 0.15) is 0 Å². The first-order valence-electron chi connectivity index (χ1n) is 3.54. The van der Waals surface area contributed by atoms with Gasteiger partial charge in [-0.3, -0.25) is 0 Å². The number of aromatic amines is 1. The Bertz CT molecular complexity index is 202. The first-order chi connectivity index (χ1) is 5.38. The molecule has 0 spiro atoms. The van der Waals surface area contributed by atoms with Crippen molar-refractivity contribution < 1.29 is 0 Å². The normalized spacial score (nSPS) is 7.82. The van der Waals surface area contributed by atoms with Gasteiger partial charge in [-0.25, -0.2) is 4.98 Å². The zero-order valence-corrected chi connectivity index (χ0v) is 6.89. The number of H-pyrrole nitrogens is 1. The molecule has 3 nitrogen and oxygen atoms in total. The van der Waals surface area contributed by atoms with Gasteiger partial charge in [0, 0.05) is 6.21 Å². The van der Waals surface area contributed by atoms with Crippen LogP contribution >= 0.6 is 0 Å². The number of nitrogens with one attached hydrogen (secondary N) is 2. The summed E-state index contributed by atoms with van der Waals surface area (Å²) in [5.74, 6) is 0. The zero-order chi connectivity index (χ0) is 8.69. The standard InChI is InChI=1S/C6H7N3.C2H6/c1-2-5-6(3-7)9-4-8-5;1-2/h2-4,7H,1H2,(H,8,9);1-2H3. The topological polar surface area (TPSA) is 52.5 Å². The second-order valence-electron chi connectivity index (χ2n) is 1.55. The SMILES string of the molecule is C=Cc1nc[nH]c1C=N.CC. The largest absolute Gasteiger partial charge is 0.343 e. The first-order valence-corrected chi connectivity index (χ1v) is 3.54. The summed E-state index contributed by atoms with van der Waals surface area (Å²) in [6, 6.07) is 0. The molecule has 0 aliphatic rings. The van der Waals surface area contributed by atoms with E-state index in [1.54, 1.807) is 6.08 Å². The highest BCUT2D eigenvalue weighted by atomic mass is 14.9. The molecule has 0 radical (unpaired) electrons. The van der Waals surface area contributed by atoms with Gasteiger partial charge in [0.05, 0.1) is 17.7 Å². The Labute approximate surface area is 66.7 Å². The Balaban J connectivity index is 0.000000461. The van der Waals surface area contributed by atoms with Gasteiger partial charge >= 0.3 is 0 Å². The predicted molar refractivity (Wildman–Crippen MR) is 47.9 cm³/mol. The highest BCUT2D eigenvalue weighted by molar-refractivity contribution is 5.79. The van der Waals surface area contributed by atoms with Crippen molar-refractivity contribution in [3.63, 3.8) is 0 Å². The minimum atomic E-state index is 0.699. The van der Waals surface area contributed by atoms with Gasteiger partial charge in [0.15, 0.2) is 0 Å². The molecule has 1 heterocycles. The molecule has 1 aromatic rings. The minimum absolute atomic E-state index is 0.699. The van der Waals surface area contributed by atoms with E-state index in [4.69, 9.17) is 5.41 Å². The van der Waals surface area contributed by atoms with Gasteiger partial charge in [-0.15, -0.1) is 0 Å². The smallest absolute Gasteiger partial charge is 0.0932 e. The first kappa shape index (κ1) is 9.62. The molecule has 0 unspecified atom stereocenters. The maximum absolute atomic E-state index is 6.86. The van der Waals surface area contributed by atoms with Gasteiger partial charge in [0.25, 0.3) is 0 Å². The van der Waals surface area contributed by atoms with Crippen LogP contribution in [0.15, 0.2) is 12.9 Å². The maximum atomic E-state index is 6.86. The monoisotopic (exact) mass is 151 g/mol. The van der Waals surface area contributed by atoms with Crippen molar-refractivity contribution in [3.8, 4) is 0 Å². The number of imidazole rings is 1. The molecule has 60 valence electrons. The number of rotatable bonds is 2. The number of hydrogen-bond acceptors (Lipinski definition) is 2. The van der Waals surface area contributed by atoms with E-state index in [2.05, 4.69) is 16.5 Å². The molecule has 0 saturated heterocycles. The molecule has 3 heteroatoms. The van der Waals surface area contributed by atoms with E-state index >= 15 is 0 Å². The van der Waals surface area contributed by atoms with Crippen molar-refractivity contribution in [1.29, 1.82) is 5.41 Å². The Morgan fingerprint density at radius 1 is 1.64 bits per heavy atom. The van der Waals surface area contributed by atoms with Crippen LogP contribution in [0.25, 0.3) is 6.08 Å². The molecule has 0 atom stereocenters. The highest BCUT2D eigenvalue weighted by Crippen LogP contribution is 1.98. The third-order valence-electron chi connectivity index (χ3n) is 1.04. The van der Waals surface area contributed by atoms with Gasteiger partial charge in [-0.05, 0) is 6.08 Å². The van der Waals surface area contributed by atoms with Gasteiger partial charge in [-0.1, -0.05) is 20.4 Å². The third-order valence-corrected chi connectivity index (χ3v) is 1.04. The van der Waals surface area contributed by atoms with Crippen LogP contribution in [0.2, 0.25) is 0 Å². The molecule has 1 aromatic heterocycles. The predicted octanol–water partition coefficient (Wildman–Crippen LogP) is 2.08. The summed E-state index contributed by atoms with van der Waals surface area (Å²) in [6.45, 7) is 7.53. The quantitative estimate of drug-likeness (QED) is 0.624. The molecular weight excluding hydrogens is 138 g/mol. The van der Waals surface area contributed by atoms with Crippen LogP contribution in [0.1, 0.15) is 25.2 Å². The van der Waals surface area contributed by atoms with E-state index in [0.717, 1.165) is 5.69 Å². The summed E-state index contributed by atoms with van der Waals surface area (Å²) >= 11 is 0. The Hall–Kier alpha value is -1.38. The Morgan fingerprint density at radius 2 is 2.27 bits per heavy atom. The molecule has 0 aliphatic carbocycles. The lowest BCUT2D eigenvalue weighted by Crippen LogP contribution is -1.81. The summed E-state index contributed by atoms with van der Waals surface area (Å²) in [7, 11) is 0.